The van der Waals surface area contributed by atoms with Crippen molar-refractivity contribution in [3.8, 4) is 0 Å². The summed E-state index contributed by atoms with van der Waals surface area (Å²) in [5.41, 5.74) is 3.07. The van der Waals surface area contributed by atoms with Crippen molar-refractivity contribution < 1.29 is 68.7 Å². The largest absolute Gasteiger partial charge is 1.00 e. The van der Waals surface area contributed by atoms with Gasteiger partial charge in [0.1, 0.15) is 22.8 Å². The molecular weight excluding hydrogens is 972 g/mol. The van der Waals surface area contributed by atoms with Gasteiger partial charge in [-0.15, -0.1) is 0 Å². The maximum Gasteiger partial charge on any atom is 1.00 e. The van der Waals surface area contributed by atoms with E-state index in [9.17, 15) is 23.5 Å². The predicted octanol–water partition coefficient (Wildman–Crippen LogP) is 6.04. The number of imidazole rings is 2. The van der Waals surface area contributed by atoms with Crippen molar-refractivity contribution in [2.45, 2.75) is 104 Å². The van der Waals surface area contributed by atoms with E-state index in [0.29, 0.717) is 52.3 Å². The van der Waals surface area contributed by atoms with Gasteiger partial charge in [-0.3, -0.25) is 9.80 Å². The maximum absolute atomic E-state index is 13.4. The normalized spacial score (nSPS) is 16.6. The van der Waals surface area contributed by atoms with Crippen LogP contribution in [0.2, 0.25) is 0 Å². The Labute approximate surface area is 428 Å². The Hall–Kier alpha value is -3.17. The Morgan fingerprint density at radius 1 is 0.667 bits per heavy atom. The minimum atomic E-state index is -0.517. The van der Waals surface area contributed by atoms with Crippen LogP contribution >= 0.6 is 22.6 Å². The topological polar surface area (TPSA) is 131 Å². The summed E-state index contributed by atoms with van der Waals surface area (Å²) >= 11 is 2.15. The van der Waals surface area contributed by atoms with E-state index in [2.05, 4.69) is 65.3 Å². The second-order valence-electron chi connectivity index (χ2n) is 18.2. The van der Waals surface area contributed by atoms with E-state index in [-0.39, 0.29) is 85.6 Å². The van der Waals surface area contributed by atoms with Crippen LogP contribution in [0.4, 0.5) is 18.4 Å². The third-order valence-electron chi connectivity index (χ3n) is 11.4. The zero-order chi connectivity index (χ0) is 47.9. The van der Waals surface area contributed by atoms with E-state index < -0.39 is 11.2 Å². The Kier molecular flexibility index (Phi) is 23.5. The molecule has 66 heavy (non-hydrogen) atoms. The third kappa shape index (κ3) is 16.8. The number of halogens is 3. The van der Waals surface area contributed by atoms with E-state index >= 15 is 0 Å². The molecule has 2 aliphatic heterocycles. The van der Waals surface area contributed by atoms with Crippen LogP contribution < -0.4 is 29.6 Å². The van der Waals surface area contributed by atoms with Crippen LogP contribution in [-0.4, -0.2) is 145 Å². The average molecular weight is 1050 g/mol. The fourth-order valence-corrected chi connectivity index (χ4v) is 8.07. The zero-order valence-electron chi connectivity index (χ0n) is 41.9. The number of aliphatic hydroxyl groups is 1. The molecule has 4 atom stereocenters. The molecule has 2 saturated heterocycles. The van der Waals surface area contributed by atoms with Crippen LogP contribution in [-0.2, 0) is 14.2 Å². The van der Waals surface area contributed by atoms with Crippen LogP contribution in [0.3, 0.4) is 0 Å². The quantitative estimate of drug-likeness (QED) is 0.0963. The summed E-state index contributed by atoms with van der Waals surface area (Å²) in [6.45, 7) is 21.2. The monoisotopic (exact) mass is 1040 g/mol. The molecule has 4 heterocycles. The van der Waals surface area contributed by atoms with Crippen molar-refractivity contribution in [1.29, 1.82) is 0 Å². The minimum absolute atomic E-state index is 0. The molecule has 2 amide bonds. The van der Waals surface area contributed by atoms with Crippen molar-refractivity contribution in [3.05, 3.63) is 108 Å². The molecule has 0 spiro atoms. The molecule has 2 aromatic heterocycles. The van der Waals surface area contributed by atoms with Crippen LogP contribution in [0.15, 0.2) is 73.6 Å². The molecular formula is C48H72F2IN8NaO6. The van der Waals surface area contributed by atoms with Crippen molar-refractivity contribution in [3.63, 3.8) is 0 Å². The maximum atomic E-state index is 13.4. The standard InChI is InChI=1S/C24H35FN4O3.C23H33FN4O3.CH3I.Na.H/c1-18(19-6-8-20(25)9-7-19)29-17-26-16-22(29)21(10-15-31-5)27-11-13-28(14-12-27)23(30)32-24(2,3)4;1-17(18-5-7-19(24)8-6-18)28-16-25-15-21(28)20(9-14-29)26-10-12-27(13-11-26)22(30)31-23(2,3)4;1-2;;/h6-9,16-18,21H,10-15H2,1-5H3;5-8,15-17,20,29H,9-14H2,1-4H3;1H3;;/q;;;+1;-1/t18-,21?;17-,20?;;;/m11.../s1. The smallest absolute Gasteiger partial charge is 1.00 e. The van der Waals surface area contributed by atoms with Gasteiger partial charge in [-0.05, 0) is 109 Å². The Morgan fingerprint density at radius 2 is 1.02 bits per heavy atom. The average Bonchev–Trinajstić information content (AvgIpc) is 3.97. The van der Waals surface area contributed by atoms with Crippen molar-refractivity contribution in [2.24, 2.45) is 0 Å². The molecule has 2 aromatic carbocycles. The fraction of sp³-hybridized carbons (Fsp3) is 0.583. The van der Waals surface area contributed by atoms with Gasteiger partial charge in [0.15, 0.2) is 0 Å². The first kappa shape index (κ1) is 57.1. The Bertz CT molecular complexity index is 2040. The summed E-state index contributed by atoms with van der Waals surface area (Å²) in [5, 5.41) is 9.73. The number of amides is 2. The Balaban J connectivity index is 0.000000431. The summed E-state index contributed by atoms with van der Waals surface area (Å²) in [5.74, 6) is -0.504. The van der Waals surface area contributed by atoms with E-state index in [0.717, 1.165) is 42.0 Å². The predicted molar refractivity (Wildman–Crippen MR) is 258 cm³/mol. The molecule has 4 aromatic rings. The van der Waals surface area contributed by atoms with Gasteiger partial charge >= 0.3 is 41.7 Å². The number of aromatic nitrogens is 4. The molecule has 14 nitrogen and oxygen atoms in total. The number of carbonyl (C=O) groups excluding carboxylic acids is 2. The van der Waals surface area contributed by atoms with Crippen LogP contribution in [0.5, 0.6) is 0 Å². The van der Waals surface area contributed by atoms with Gasteiger partial charge in [-0.25, -0.2) is 28.3 Å². The number of rotatable bonds is 13. The van der Waals surface area contributed by atoms with E-state index in [1.807, 2.05) is 77.3 Å². The number of aliphatic hydroxyl groups excluding tert-OH is 1. The molecule has 2 aliphatic rings. The molecule has 0 radical (unpaired) electrons. The number of methoxy groups -OCH3 is 1. The molecule has 0 saturated carbocycles. The van der Waals surface area contributed by atoms with Crippen molar-refractivity contribution in [1.82, 2.24) is 38.7 Å². The minimum Gasteiger partial charge on any atom is -1.00 e. The first-order chi connectivity index (χ1) is 30.9. The first-order valence-corrected chi connectivity index (χ1v) is 24.5. The van der Waals surface area contributed by atoms with Crippen LogP contribution in [0.1, 0.15) is 116 Å². The van der Waals surface area contributed by atoms with Gasteiger partial charge in [0.2, 0.25) is 0 Å². The summed E-state index contributed by atoms with van der Waals surface area (Å²) in [6.07, 6.45) is 8.17. The molecule has 2 unspecified atom stereocenters. The van der Waals surface area contributed by atoms with Crippen LogP contribution in [0.25, 0.3) is 0 Å². The molecule has 362 valence electrons. The van der Waals surface area contributed by atoms with Gasteiger partial charge in [-0.1, -0.05) is 46.9 Å². The number of piperazine rings is 2. The molecule has 0 aliphatic carbocycles. The number of carbonyl (C=O) groups is 2. The summed E-state index contributed by atoms with van der Waals surface area (Å²) in [6, 6.07) is 13.1. The summed E-state index contributed by atoms with van der Waals surface area (Å²) < 4.78 is 47.3. The van der Waals surface area contributed by atoms with Crippen molar-refractivity contribution in [2.75, 3.05) is 77.6 Å². The third-order valence-corrected chi connectivity index (χ3v) is 11.4. The number of hydrogen-bond donors (Lipinski definition) is 1. The molecule has 1 N–H and O–H groups in total. The second kappa shape index (κ2) is 27.1. The summed E-state index contributed by atoms with van der Waals surface area (Å²) in [4.78, 5) is 43.7. The van der Waals surface area contributed by atoms with Gasteiger partial charge in [-0.2, -0.15) is 0 Å². The van der Waals surface area contributed by atoms with E-state index in [4.69, 9.17) is 14.2 Å². The number of hydrogen-bond acceptors (Lipinski definition) is 10. The van der Waals surface area contributed by atoms with Crippen LogP contribution in [0, 0.1) is 11.6 Å². The van der Waals surface area contributed by atoms with Gasteiger partial charge in [0.05, 0.1) is 48.2 Å². The molecule has 18 heteroatoms. The number of benzene rings is 2. The van der Waals surface area contributed by atoms with Crippen molar-refractivity contribution >= 4 is 34.8 Å². The number of alkyl halides is 1. The van der Waals surface area contributed by atoms with Gasteiger partial charge in [0.25, 0.3) is 0 Å². The van der Waals surface area contributed by atoms with E-state index in [1.54, 1.807) is 35.4 Å². The number of nitrogens with zero attached hydrogens (tertiary/aromatic N) is 8. The first-order valence-electron chi connectivity index (χ1n) is 22.3. The molecule has 6 rings (SSSR count). The second-order valence-corrected chi connectivity index (χ2v) is 18.2. The number of ether oxygens (including phenoxy) is 3. The SMILES string of the molecule is CI.COCCC(c1cncn1[C@H](C)c1ccc(F)cc1)N1CCN(C(=O)OC(C)(C)C)CC1.C[C@H](c1ccc(F)cc1)n1cncc1C(CCO)N1CCN(C(=O)OC(C)(C)C)CC1.[H-].[Na+]. The van der Waals surface area contributed by atoms with Gasteiger partial charge in [0, 0.05) is 85.1 Å². The Morgan fingerprint density at radius 3 is 1.33 bits per heavy atom. The fourth-order valence-electron chi connectivity index (χ4n) is 8.07. The summed E-state index contributed by atoms with van der Waals surface area (Å²) in [7, 11) is 1.70. The molecule has 0 bridgehead atoms. The molecule has 2 fully saturated rings. The van der Waals surface area contributed by atoms with Gasteiger partial charge < -0.3 is 39.7 Å². The zero-order valence-corrected chi connectivity index (χ0v) is 45.1. The van der Waals surface area contributed by atoms with E-state index in [1.165, 1.54) is 24.3 Å².